The van der Waals surface area contributed by atoms with Crippen molar-refractivity contribution in [2.45, 2.75) is 26.7 Å². The zero-order valence-electron chi connectivity index (χ0n) is 13.5. The van der Waals surface area contributed by atoms with Crippen LogP contribution in [-0.4, -0.2) is 5.97 Å². The lowest BCUT2D eigenvalue weighted by Crippen LogP contribution is -2.12. The largest absolute Gasteiger partial charge is 0.462 e. The maximum atomic E-state index is 14.0. The number of benzene rings is 2. The van der Waals surface area contributed by atoms with E-state index in [1.807, 2.05) is 12.1 Å². The standard InChI is InChI=1S/C19H18F2O3/c1-3-5-13-6-8-14(9-7-13)24-19(22)15-10-11-16(23-12-4-2)18(21)17(15)20/h4,6-12H,3,5H2,1-2H3/b12-4+. The fourth-order valence-electron chi connectivity index (χ4n) is 2.10. The van der Waals surface area contributed by atoms with Gasteiger partial charge in [0.2, 0.25) is 5.82 Å². The Bertz CT molecular complexity index is 737. The van der Waals surface area contributed by atoms with E-state index in [2.05, 4.69) is 6.92 Å². The quantitative estimate of drug-likeness (QED) is 0.422. The summed E-state index contributed by atoms with van der Waals surface area (Å²) in [5.74, 6) is -3.53. The monoisotopic (exact) mass is 332 g/mol. The molecule has 0 N–H and O–H groups in total. The first-order chi connectivity index (χ1) is 11.6. The molecule has 0 aliphatic rings. The second-order valence-electron chi connectivity index (χ2n) is 5.11. The van der Waals surface area contributed by atoms with Crippen LogP contribution < -0.4 is 9.47 Å². The molecule has 2 aromatic rings. The molecule has 24 heavy (non-hydrogen) atoms. The predicted molar refractivity (Wildman–Crippen MR) is 87.2 cm³/mol. The van der Waals surface area contributed by atoms with E-state index in [-0.39, 0.29) is 11.5 Å². The predicted octanol–water partition coefficient (Wildman–Crippen LogP) is 5.05. The molecule has 0 atom stereocenters. The van der Waals surface area contributed by atoms with Crippen LogP contribution in [0.25, 0.3) is 0 Å². The van der Waals surface area contributed by atoms with E-state index in [0.29, 0.717) is 0 Å². The average molecular weight is 332 g/mol. The third-order valence-electron chi connectivity index (χ3n) is 3.27. The van der Waals surface area contributed by atoms with Gasteiger partial charge in [-0.15, -0.1) is 0 Å². The van der Waals surface area contributed by atoms with Crippen molar-refractivity contribution in [1.82, 2.24) is 0 Å². The van der Waals surface area contributed by atoms with Crippen LogP contribution in [0.1, 0.15) is 36.2 Å². The maximum absolute atomic E-state index is 14.0. The first-order valence-electron chi connectivity index (χ1n) is 7.63. The summed E-state index contributed by atoms with van der Waals surface area (Å²) in [4.78, 5) is 12.0. The topological polar surface area (TPSA) is 35.5 Å². The van der Waals surface area contributed by atoms with E-state index < -0.39 is 23.2 Å². The molecule has 0 radical (unpaired) electrons. The lowest BCUT2D eigenvalue weighted by molar-refractivity contribution is 0.0728. The first kappa shape index (κ1) is 17.7. The number of carbonyl (C=O) groups is 1. The lowest BCUT2D eigenvalue weighted by Gasteiger charge is -2.08. The molecule has 0 amide bonds. The van der Waals surface area contributed by atoms with Crippen LogP contribution in [0.4, 0.5) is 8.78 Å². The molecule has 5 heteroatoms. The van der Waals surface area contributed by atoms with E-state index in [4.69, 9.17) is 9.47 Å². The Morgan fingerprint density at radius 3 is 2.42 bits per heavy atom. The van der Waals surface area contributed by atoms with Crippen LogP contribution in [0, 0.1) is 11.6 Å². The fourth-order valence-corrected chi connectivity index (χ4v) is 2.10. The third kappa shape index (κ3) is 4.19. The molecule has 0 aromatic heterocycles. The van der Waals surface area contributed by atoms with Crippen molar-refractivity contribution in [1.29, 1.82) is 0 Å². The van der Waals surface area contributed by atoms with Gasteiger partial charge in [-0.3, -0.25) is 0 Å². The van der Waals surface area contributed by atoms with Gasteiger partial charge < -0.3 is 9.47 Å². The molecule has 0 bridgehead atoms. The van der Waals surface area contributed by atoms with Crippen molar-refractivity contribution in [2.24, 2.45) is 0 Å². The summed E-state index contributed by atoms with van der Waals surface area (Å²) in [5.41, 5.74) is 0.623. The number of allylic oxidation sites excluding steroid dienone is 1. The second-order valence-corrected chi connectivity index (χ2v) is 5.11. The van der Waals surface area contributed by atoms with Crippen LogP contribution in [0.15, 0.2) is 48.7 Å². The molecular formula is C19H18F2O3. The molecule has 0 unspecified atom stereocenters. The first-order valence-corrected chi connectivity index (χ1v) is 7.63. The minimum atomic E-state index is -1.30. The van der Waals surface area contributed by atoms with Gasteiger partial charge in [-0.25, -0.2) is 9.18 Å². The van der Waals surface area contributed by atoms with Crippen LogP contribution in [-0.2, 0) is 6.42 Å². The Balaban J connectivity index is 2.16. The minimum absolute atomic E-state index is 0.272. The highest BCUT2D eigenvalue weighted by atomic mass is 19.2. The smallest absolute Gasteiger partial charge is 0.346 e. The zero-order chi connectivity index (χ0) is 17.5. The van der Waals surface area contributed by atoms with E-state index in [0.717, 1.165) is 24.5 Å². The van der Waals surface area contributed by atoms with Gasteiger partial charge in [0.05, 0.1) is 11.8 Å². The van der Waals surface area contributed by atoms with Crippen LogP contribution in [0.3, 0.4) is 0 Å². The summed E-state index contributed by atoms with van der Waals surface area (Å²) < 4.78 is 37.9. The molecule has 2 rings (SSSR count). The Morgan fingerprint density at radius 1 is 1.08 bits per heavy atom. The number of carbonyl (C=O) groups excluding carboxylic acids is 1. The van der Waals surface area contributed by atoms with Crippen LogP contribution in [0.2, 0.25) is 0 Å². The Labute approximate surface area is 139 Å². The lowest BCUT2D eigenvalue weighted by atomic mass is 10.1. The SMILES string of the molecule is C/C=C/Oc1ccc(C(=O)Oc2ccc(CCC)cc2)c(F)c1F. The number of halogens is 2. The van der Waals surface area contributed by atoms with Crippen molar-refractivity contribution in [3.8, 4) is 11.5 Å². The fraction of sp³-hybridized carbons (Fsp3) is 0.211. The molecular weight excluding hydrogens is 314 g/mol. The van der Waals surface area contributed by atoms with Gasteiger partial charge in [-0.05, 0) is 43.2 Å². The molecule has 0 heterocycles. The number of aryl methyl sites for hydroxylation is 1. The maximum Gasteiger partial charge on any atom is 0.346 e. The summed E-state index contributed by atoms with van der Waals surface area (Å²) in [5, 5.41) is 0. The van der Waals surface area contributed by atoms with Crippen molar-refractivity contribution < 1.29 is 23.0 Å². The zero-order valence-corrected chi connectivity index (χ0v) is 13.5. The van der Waals surface area contributed by atoms with E-state index >= 15 is 0 Å². The van der Waals surface area contributed by atoms with Crippen LogP contribution in [0.5, 0.6) is 11.5 Å². The Morgan fingerprint density at radius 2 is 1.79 bits per heavy atom. The molecule has 126 valence electrons. The number of esters is 1. The van der Waals surface area contributed by atoms with Crippen LogP contribution >= 0.6 is 0 Å². The molecule has 0 aliphatic heterocycles. The Hall–Kier alpha value is -2.69. The van der Waals surface area contributed by atoms with Crippen molar-refractivity contribution in [3.63, 3.8) is 0 Å². The van der Waals surface area contributed by atoms with Gasteiger partial charge in [0, 0.05) is 0 Å². The number of hydrogen-bond acceptors (Lipinski definition) is 3. The van der Waals surface area contributed by atoms with Gasteiger partial charge in [0.1, 0.15) is 5.75 Å². The van der Waals surface area contributed by atoms with Gasteiger partial charge >= 0.3 is 5.97 Å². The van der Waals surface area contributed by atoms with Gasteiger partial charge in [-0.1, -0.05) is 31.6 Å². The summed E-state index contributed by atoms with van der Waals surface area (Å²) >= 11 is 0. The molecule has 0 aliphatic carbocycles. The van der Waals surface area contributed by atoms with E-state index in [1.165, 1.54) is 18.4 Å². The summed E-state index contributed by atoms with van der Waals surface area (Å²) in [6.45, 7) is 3.74. The molecule has 0 saturated carbocycles. The summed E-state index contributed by atoms with van der Waals surface area (Å²) in [6, 6.07) is 9.22. The van der Waals surface area contributed by atoms with Gasteiger partial charge in [-0.2, -0.15) is 4.39 Å². The van der Waals surface area contributed by atoms with E-state index in [1.54, 1.807) is 19.1 Å². The number of rotatable bonds is 6. The molecule has 3 nitrogen and oxygen atoms in total. The summed E-state index contributed by atoms with van der Waals surface area (Å²) in [6.07, 6.45) is 4.67. The van der Waals surface area contributed by atoms with Gasteiger partial charge in [0.25, 0.3) is 0 Å². The number of hydrogen-bond donors (Lipinski definition) is 0. The normalized spacial score (nSPS) is 10.8. The number of ether oxygens (including phenoxy) is 2. The van der Waals surface area contributed by atoms with Crippen molar-refractivity contribution >= 4 is 5.97 Å². The Kier molecular flexibility index (Phi) is 6.07. The third-order valence-corrected chi connectivity index (χ3v) is 3.27. The van der Waals surface area contributed by atoms with Gasteiger partial charge in [0.15, 0.2) is 11.6 Å². The second kappa shape index (κ2) is 8.24. The highest BCUT2D eigenvalue weighted by molar-refractivity contribution is 5.91. The molecule has 0 saturated heterocycles. The molecule has 0 spiro atoms. The highest BCUT2D eigenvalue weighted by Gasteiger charge is 2.21. The van der Waals surface area contributed by atoms with Crippen molar-refractivity contribution in [3.05, 3.63) is 71.5 Å². The molecule has 2 aromatic carbocycles. The van der Waals surface area contributed by atoms with Crippen molar-refractivity contribution in [2.75, 3.05) is 0 Å². The van der Waals surface area contributed by atoms with E-state index in [9.17, 15) is 13.6 Å². The highest BCUT2D eigenvalue weighted by Crippen LogP contribution is 2.24. The summed E-state index contributed by atoms with van der Waals surface area (Å²) in [7, 11) is 0. The minimum Gasteiger partial charge on any atom is -0.462 e. The average Bonchev–Trinajstić information content (AvgIpc) is 2.58. The molecule has 0 fully saturated rings.